The third kappa shape index (κ3) is 3.30. The Balaban J connectivity index is 1.59. The van der Waals surface area contributed by atoms with Crippen LogP contribution in [0.3, 0.4) is 0 Å². The standard InChI is InChI=1S/C16H21BrN4/c1-12-16(13(2)19-18-12)21-9-7-20(8-10-21)11-14-3-5-15(17)6-4-14/h3-6H,7-11H2,1-2H3,(H,18,19). The Labute approximate surface area is 134 Å². The highest BCUT2D eigenvalue weighted by Crippen LogP contribution is 2.23. The van der Waals surface area contributed by atoms with Gasteiger partial charge < -0.3 is 4.90 Å². The average Bonchev–Trinajstić information content (AvgIpc) is 2.82. The predicted molar refractivity (Wildman–Crippen MR) is 89.7 cm³/mol. The third-order valence-electron chi connectivity index (χ3n) is 4.10. The van der Waals surface area contributed by atoms with Gasteiger partial charge in [0, 0.05) is 37.2 Å². The molecule has 1 fully saturated rings. The van der Waals surface area contributed by atoms with Crippen molar-refractivity contribution in [3.63, 3.8) is 0 Å². The molecule has 0 aliphatic carbocycles. The van der Waals surface area contributed by atoms with Crippen molar-refractivity contribution < 1.29 is 0 Å². The van der Waals surface area contributed by atoms with Gasteiger partial charge in [-0.25, -0.2) is 0 Å². The minimum atomic E-state index is 1.03. The smallest absolute Gasteiger partial charge is 0.0827 e. The second-order valence-electron chi connectivity index (χ2n) is 5.67. The summed E-state index contributed by atoms with van der Waals surface area (Å²) in [6.07, 6.45) is 0. The van der Waals surface area contributed by atoms with Gasteiger partial charge in [0.1, 0.15) is 0 Å². The Kier molecular flexibility index (Phi) is 4.31. The minimum Gasteiger partial charge on any atom is -0.366 e. The summed E-state index contributed by atoms with van der Waals surface area (Å²) < 4.78 is 1.14. The van der Waals surface area contributed by atoms with Gasteiger partial charge in [0.2, 0.25) is 0 Å². The molecule has 2 aromatic rings. The Morgan fingerprint density at radius 2 is 1.76 bits per heavy atom. The lowest BCUT2D eigenvalue weighted by Crippen LogP contribution is -2.46. The molecule has 0 atom stereocenters. The Hall–Kier alpha value is -1.33. The molecular formula is C16H21BrN4. The van der Waals surface area contributed by atoms with Crippen LogP contribution in [0.1, 0.15) is 17.0 Å². The maximum Gasteiger partial charge on any atom is 0.0827 e. The van der Waals surface area contributed by atoms with Gasteiger partial charge in [-0.2, -0.15) is 5.10 Å². The third-order valence-corrected chi connectivity index (χ3v) is 4.63. The molecular weight excluding hydrogens is 328 g/mol. The van der Waals surface area contributed by atoms with Crippen LogP contribution in [0.4, 0.5) is 5.69 Å². The fourth-order valence-electron chi connectivity index (χ4n) is 2.99. The lowest BCUT2D eigenvalue weighted by molar-refractivity contribution is 0.249. The number of anilines is 1. The first-order chi connectivity index (χ1) is 10.1. The number of aromatic nitrogens is 2. The van der Waals surface area contributed by atoms with Crippen LogP contribution >= 0.6 is 15.9 Å². The summed E-state index contributed by atoms with van der Waals surface area (Å²) in [5, 5.41) is 7.38. The lowest BCUT2D eigenvalue weighted by atomic mass is 10.2. The molecule has 1 aromatic carbocycles. The highest BCUT2D eigenvalue weighted by molar-refractivity contribution is 9.10. The Bertz CT molecular complexity index is 578. The summed E-state index contributed by atoms with van der Waals surface area (Å²) in [5.74, 6) is 0. The van der Waals surface area contributed by atoms with Crippen molar-refractivity contribution in [3.05, 3.63) is 45.7 Å². The molecule has 1 aliphatic rings. The zero-order valence-corrected chi connectivity index (χ0v) is 14.2. The van der Waals surface area contributed by atoms with E-state index < -0.39 is 0 Å². The quantitative estimate of drug-likeness (QED) is 0.925. The van der Waals surface area contributed by atoms with E-state index in [0.29, 0.717) is 0 Å². The highest BCUT2D eigenvalue weighted by atomic mass is 79.9. The maximum absolute atomic E-state index is 4.30. The van der Waals surface area contributed by atoms with Gasteiger partial charge in [0.05, 0.1) is 17.1 Å². The van der Waals surface area contributed by atoms with Gasteiger partial charge in [0.15, 0.2) is 0 Å². The van der Waals surface area contributed by atoms with Gasteiger partial charge in [-0.15, -0.1) is 0 Å². The number of benzene rings is 1. The first-order valence-electron chi connectivity index (χ1n) is 7.37. The van der Waals surface area contributed by atoms with E-state index in [4.69, 9.17) is 0 Å². The number of aryl methyl sites for hydroxylation is 2. The molecule has 1 saturated heterocycles. The molecule has 0 bridgehead atoms. The zero-order valence-electron chi connectivity index (χ0n) is 12.6. The van der Waals surface area contributed by atoms with E-state index in [1.807, 2.05) is 0 Å². The van der Waals surface area contributed by atoms with Crippen molar-refractivity contribution in [1.82, 2.24) is 15.1 Å². The summed E-state index contributed by atoms with van der Waals surface area (Å²) in [6.45, 7) is 9.54. The molecule has 21 heavy (non-hydrogen) atoms. The molecule has 0 radical (unpaired) electrons. The molecule has 2 heterocycles. The van der Waals surface area contributed by atoms with Crippen LogP contribution in [0.25, 0.3) is 0 Å². The number of nitrogens with one attached hydrogen (secondary N) is 1. The van der Waals surface area contributed by atoms with Crippen molar-refractivity contribution >= 4 is 21.6 Å². The number of aromatic amines is 1. The average molecular weight is 349 g/mol. The van der Waals surface area contributed by atoms with E-state index >= 15 is 0 Å². The second-order valence-corrected chi connectivity index (χ2v) is 6.59. The molecule has 5 heteroatoms. The second kappa shape index (κ2) is 6.20. The maximum atomic E-state index is 4.30. The monoisotopic (exact) mass is 348 g/mol. The molecule has 1 N–H and O–H groups in total. The first kappa shape index (κ1) is 14.6. The topological polar surface area (TPSA) is 35.2 Å². The van der Waals surface area contributed by atoms with Crippen molar-refractivity contribution in [1.29, 1.82) is 0 Å². The molecule has 112 valence electrons. The number of rotatable bonds is 3. The van der Waals surface area contributed by atoms with Crippen LogP contribution in [0.5, 0.6) is 0 Å². The van der Waals surface area contributed by atoms with Gasteiger partial charge in [-0.1, -0.05) is 28.1 Å². The van der Waals surface area contributed by atoms with Crippen LogP contribution in [0, 0.1) is 13.8 Å². The van der Waals surface area contributed by atoms with E-state index in [1.54, 1.807) is 0 Å². The van der Waals surface area contributed by atoms with E-state index in [1.165, 1.54) is 16.9 Å². The minimum absolute atomic E-state index is 1.03. The molecule has 4 nitrogen and oxygen atoms in total. The summed E-state index contributed by atoms with van der Waals surface area (Å²) in [5.41, 5.74) is 4.95. The van der Waals surface area contributed by atoms with Crippen molar-refractivity contribution in [2.75, 3.05) is 31.1 Å². The van der Waals surface area contributed by atoms with E-state index in [2.05, 4.69) is 74.0 Å². The van der Waals surface area contributed by atoms with Crippen LogP contribution < -0.4 is 4.90 Å². The summed E-state index contributed by atoms with van der Waals surface area (Å²) in [4.78, 5) is 4.97. The molecule has 0 spiro atoms. The summed E-state index contributed by atoms with van der Waals surface area (Å²) in [6, 6.07) is 8.62. The van der Waals surface area contributed by atoms with Crippen LogP contribution in [0.15, 0.2) is 28.7 Å². The van der Waals surface area contributed by atoms with E-state index in [9.17, 15) is 0 Å². The molecule has 0 amide bonds. The van der Waals surface area contributed by atoms with E-state index in [-0.39, 0.29) is 0 Å². The van der Waals surface area contributed by atoms with Gasteiger partial charge in [0.25, 0.3) is 0 Å². The SMILES string of the molecule is Cc1n[nH]c(C)c1N1CCN(Cc2ccc(Br)cc2)CC1. The number of H-pyrrole nitrogens is 1. The molecule has 0 unspecified atom stereocenters. The molecule has 1 aliphatic heterocycles. The van der Waals surface area contributed by atoms with E-state index in [0.717, 1.165) is 42.9 Å². The summed E-state index contributed by atoms with van der Waals surface area (Å²) >= 11 is 3.48. The number of nitrogens with zero attached hydrogens (tertiary/aromatic N) is 3. The van der Waals surface area contributed by atoms with Crippen molar-refractivity contribution in [3.8, 4) is 0 Å². The van der Waals surface area contributed by atoms with Crippen molar-refractivity contribution in [2.24, 2.45) is 0 Å². The molecule has 3 rings (SSSR count). The van der Waals surface area contributed by atoms with Crippen LogP contribution in [-0.4, -0.2) is 41.3 Å². The Morgan fingerprint density at radius 1 is 1.10 bits per heavy atom. The number of halogens is 1. The first-order valence-corrected chi connectivity index (χ1v) is 8.16. The largest absolute Gasteiger partial charge is 0.366 e. The van der Waals surface area contributed by atoms with Gasteiger partial charge in [-0.3, -0.25) is 10.00 Å². The predicted octanol–water partition coefficient (Wildman–Crippen LogP) is 3.11. The van der Waals surface area contributed by atoms with Crippen molar-refractivity contribution in [2.45, 2.75) is 20.4 Å². The molecule has 1 aromatic heterocycles. The summed E-state index contributed by atoms with van der Waals surface area (Å²) in [7, 11) is 0. The normalized spacial score (nSPS) is 16.4. The van der Waals surface area contributed by atoms with Crippen LogP contribution in [-0.2, 0) is 6.54 Å². The van der Waals surface area contributed by atoms with Gasteiger partial charge >= 0.3 is 0 Å². The van der Waals surface area contributed by atoms with Gasteiger partial charge in [-0.05, 0) is 31.5 Å². The number of hydrogen-bond acceptors (Lipinski definition) is 3. The fraction of sp³-hybridized carbons (Fsp3) is 0.438. The highest BCUT2D eigenvalue weighted by Gasteiger charge is 2.21. The van der Waals surface area contributed by atoms with Crippen LogP contribution in [0.2, 0.25) is 0 Å². The molecule has 0 saturated carbocycles. The number of piperazine rings is 1. The lowest BCUT2D eigenvalue weighted by Gasteiger charge is -2.36. The zero-order chi connectivity index (χ0) is 14.8. The fourth-order valence-corrected chi connectivity index (χ4v) is 3.25. The number of hydrogen-bond donors (Lipinski definition) is 1. The Morgan fingerprint density at radius 3 is 2.33 bits per heavy atom.